The lowest BCUT2D eigenvalue weighted by atomic mass is 9.87. The minimum atomic E-state index is -1.26. The van der Waals surface area contributed by atoms with E-state index in [0.717, 1.165) is 0 Å². The van der Waals surface area contributed by atoms with Crippen LogP contribution in [0, 0.1) is 3.57 Å². The fourth-order valence-corrected chi connectivity index (χ4v) is 5.71. The molecule has 2 amide bonds. The number of halogens is 3. The van der Waals surface area contributed by atoms with Crippen LogP contribution in [-0.4, -0.2) is 84.3 Å². The fraction of sp³-hybridized carbons (Fsp3) is 0.429. The van der Waals surface area contributed by atoms with E-state index in [1.165, 1.54) is 25.2 Å². The van der Waals surface area contributed by atoms with Crippen LogP contribution in [0.3, 0.4) is 0 Å². The molecule has 0 heterocycles. The Balaban J connectivity index is 2.05. The lowest BCUT2D eigenvalue weighted by Gasteiger charge is -2.41. The van der Waals surface area contributed by atoms with Crippen LogP contribution < -0.4 is 14.8 Å². The molecule has 0 aliphatic heterocycles. The van der Waals surface area contributed by atoms with E-state index in [1.54, 1.807) is 30.3 Å². The number of carbonyl (C=O) groups excluding carboxylic acids is 2. The SMILES string of the molecule is COCCC(=O)N(Cc1ccc(Cl)cc1Cl)C1CC(C(=O)NCCO)=CC(Oc2c(I)cc(CO)cc2OC)C1O. The molecule has 1 aliphatic carbocycles. The fourth-order valence-electron chi connectivity index (χ4n) is 4.45. The molecule has 13 heteroatoms. The molecule has 0 aromatic heterocycles. The summed E-state index contributed by atoms with van der Waals surface area (Å²) in [6.45, 7) is -0.251. The van der Waals surface area contributed by atoms with Crippen molar-refractivity contribution < 1.29 is 39.1 Å². The molecular formula is C28H33Cl2IN2O8. The minimum Gasteiger partial charge on any atom is -0.493 e. The molecular weight excluding hydrogens is 690 g/mol. The second-order valence-electron chi connectivity index (χ2n) is 9.28. The number of amides is 2. The van der Waals surface area contributed by atoms with E-state index in [9.17, 15) is 24.9 Å². The number of aliphatic hydroxyl groups excluding tert-OH is 3. The lowest BCUT2D eigenvalue weighted by molar-refractivity contribution is -0.140. The third-order valence-corrected chi connectivity index (χ3v) is 7.92. The summed E-state index contributed by atoms with van der Waals surface area (Å²) in [6, 6.07) is 7.36. The minimum absolute atomic E-state index is 0.0138. The topological polar surface area (TPSA) is 138 Å². The summed E-state index contributed by atoms with van der Waals surface area (Å²) >= 11 is 14.5. The summed E-state index contributed by atoms with van der Waals surface area (Å²) in [5.74, 6) is -0.150. The first-order chi connectivity index (χ1) is 19.6. The van der Waals surface area contributed by atoms with E-state index in [0.29, 0.717) is 36.2 Å². The van der Waals surface area contributed by atoms with Crippen LogP contribution in [0.2, 0.25) is 10.0 Å². The Morgan fingerprint density at radius 1 is 1.17 bits per heavy atom. The first-order valence-electron chi connectivity index (χ1n) is 12.8. The molecule has 1 aliphatic rings. The maximum atomic E-state index is 13.5. The molecule has 0 radical (unpaired) electrons. The predicted octanol–water partition coefficient (Wildman–Crippen LogP) is 3.08. The number of benzene rings is 2. The lowest BCUT2D eigenvalue weighted by Crippen LogP contribution is -2.55. The molecule has 0 spiro atoms. The van der Waals surface area contributed by atoms with Gasteiger partial charge in [0.05, 0.1) is 43.0 Å². The third-order valence-electron chi connectivity index (χ3n) is 6.54. The Bertz CT molecular complexity index is 1260. The van der Waals surface area contributed by atoms with Crippen LogP contribution in [0.25, 0.3) is 0 Å². The Hall–Kier alpha value is -2.13. The molecule has 3 atom stereocenters. The van der Waals surface area contributed by atoms with Gasteiger partial charge in [-0.2, -0.15) is 0 Å². The van der Waals surface area contributed by atoms with Gasteiger partial charge in [0.2, 0.25) is 11.8 Å². The maximum Gasteiger partial charge on any atom is 0.247 e. The first-order valence-corrected chi connectivity index (χ1v) is 14.6. The number of nitrogens with zero attached hydrogens (tertiary/aromatic N) is 1. The van der Waals surface area contributed by atoms with Crippen molar-refractivity contribution in [2.75, 3.05) is 34.0 Å². The number of nitrogens with one attached hydrogen (secondary N) is 1. The van der Waals surface area contributed by atoms with E-state index in [-0.39, 0.29) is 57.2 Å². The molecule has 2 aromatic rings. The monoisotopic (exact) mass is 722 g/mol. The first kappa shape index (κ1) is 33.4. The van der Waals surface area contributed by atoms with Gasteiger partial charge in [0.15, 0.2) is 11.5 Å². The normalized spacial score (nSPS) is 18.4. The van der Waals surface area contributed by atoms with E-state index in [1.807, 2.05) is 22.6 Å². The number of hydrogen-bond acceptors (Lipinski definition) is 8. The highest BCUT2D eigenvalue weighted by Gasteiger charge is 2.41. The average molecular weight is 723 g/mol. The summed E-state index contributed by atoms with van der Waals surface area (Å²) < 4.78 is 17.5. The molecule has 41 heavy (non-hydrogen) atoms. The van der Waals surface area contributed by atoms with E-state index in [2.05, 4.69) is 5.32 Å². The summed E-state index contributed by atoms with van der Waals surface area (Å²) in [5.41, 5.74) is 1.48. The Morgan fingerprint density at radius 2 is 1.93 bits per heavy atom. The van der Waals surface area contributed by atoms with Crippen LogP contribution in [0.5, 0.6) is 11.5 Å². The summed E-state index contributed by atoms with van der Waals surface area (Å²) in [7, 11) is 2.94. The number of ether oxygens (including phenoxy) is 3. The third kappa shape index (κ3) is 8.69. The summed E-state index contributed by atoms with van der Waals surface area (Å²) in [5, 5.41) is 33.9. The molecule has 0 saturated carbocycles. The maximum absolute atomic E-state index is 13.5. The molecule has 0 bridgehead atoms. The van der Waals surface area contributed by atoms with Crippen molar-refractivity contribution in [2.24, 2.45) is 0 Å². The van der Waals surface area contributed by atoms with E-state index in [4.69, 9.17) is 37.4 Å². The molecule has 2 aromatic carbocycles. The van der Waals surface area contributed by atoms with Crippen LogP contribution in [-0.2, 0) is 27.5 Å². The van der Waals surface area contributed by atoms with Gasteiger partial charge in [-0.05, 0) is 64.1 Å². The van der Waals surface area contributed by atoms with Gasteiger partial charge in [0, 0.05) is 42.2 Å². The van der Waals surface area contributed by atoms with Crippen molar-refractivity contribution in [3.63, 3.8) is 0 Å². The highest BCUT2D eigenvalue weighted by Crippen LogP contribution is 2.37. The molecule has 3 unspecified atom stereocenters. The van der Waals surface area contributed by atoms with Gasteiger partial charge < -0.3 is 39.7 Å². The summed E-state index contributed by atoms with van der Waals surface area (Å²) in [4.78, 5) is 28.0. The highest BCUT2D eigenvalue weighted by molar-refractivity contribution is 14.1. The number of hydrogen-bond donors (Lipinski definition) is 4. The van der Waals surface area contributed by atoms with Gasteiger partial charge >= 0.3 is 0 Å². The molecule has 4 N–H and O–H groups in total. The molecule has 224 valence electrons. The largest absolute Gasteiger partial charge is 0.493 e. The van der Waals surface area contributed by atoms with Gasteiger partial charge in [-0.1, -0.05) is 29.3 Å². The van der Waals surface area contributed by atoms with Crippen molar-refractivity contribution in [1.29, 1.82) is 0 Å². The van der Waals surface area contributed by atoms with Crippen molar-refractivity contribution in [1.82, 2.24) is 10.2 Å². The average Bonchev–Trinajstić information content (AvgIpc) is 2.96. The zero-order valence-corrected chi connectivity index (χ0v) is 26.3. The van der Waals surface area contributed by atoms with Gasteiger partial charge in [0.25, 0.3) is 0 Å². The van der Waals surface area contributed by atoms with Crippen LogP contribution in [0.15, 0.2) is 42.0 Å². The van der Waals surface area contributed by atoms with Crippen molar-refractivity contribution in [3.8, 4) is 11.5 Å². The smallest absolute Gasteiger partial charge is 0.247 e. The van der Waals surface area contributed by atoms with Gasteiger partial charge in [-0.3, -0.25) is 9.59 Å². The highest BCUT2D eigenvalue weighted by atomic mass is 127. The van der Waals surface area contributed by atoms with Gasteiger partial charge in [0.1, 0.15) is 12.2 Å². The standard InChI is InChI=1S/C28H33Cl2IN2O8/c1-39-8-5-25(36)33(14-17-3-4-19(29)13-20(17)30)22-11-18(28(38)32-6-7-34)12-23(26(22)37)41-27-21(31)9-16(15-35)10-24(27)40-2/h3-4,9-10,12-13,22-23,26,34-35,37H,5-8,11,14-15H2,1-2H3,(H,32,38). The van der Waals surface area contributed by atoms with Crippen LogP contribution in [0.1, 0.15) is 24.0 Å². The van der Waals surface area contributed by atoms with Crippen LogP contribution in [0.4, 0.5) is 0 Å². The number of methoxy groups -OCH3 is 2. The molecule has 0 saturated heterocycles. The van der Waals surface area contributed by atoms with Crippen molar-refractivity contribution >= 4 is 57.6 Å². The Morgan fingerprint density at radius 3 is 2.56 bits per heavy atom. The molecule has 10 nitrogen and oxygen atoms in total. The quantitative estimate of drug-likeness (QED) is 0.232. The second-order valence-corrected chi connectivity index (χ2v) is 11.3. The van der Waals surface area contributed by atoms with Gasteiger partial charge in [-0.15, -0.1) is 0 Å². The predicted molar refractivity (Wildman–Crippen MR) is 162 cm³/mol. The summed E-state index contributed by atoms with van der Waals surface area (Å²) in [6.07, 6.45) is -0.777. The molecule has 0 fully saturated rings. The van der Waals surface area contributed by atoms with E-state index >= 15 is 0 Å². The van der Waals surface area contributed by atoms with E-state index < -0.39 is 24.2 Å². The van der Waals surface area contributed by atoms with Crippen molar-refractivity contribution in [3.05, 3.63) is 66.7 Å². The number of carbonyl (C=O) groups is 2. The van der Waals surface area contributed by atoms with Crippen molar-refractivity contribution in [2.45, 2.75) is 44.2 Å². The second kappa shape index (κ2) is 15.9. The number of aliphatic hydroxyl groups is 3. The Kier molecular flexibility index (Phi) is 13.0. The molecule has 3 rings (SSSR count). The Labute approximate surface area is 262 Å². The van der Waals surface area contributed by atoms with Crippen LogP contribution >= 0.6 is 45.8 Å². The van der Waals surface area contributed by atoms with Gasteiger partial charge in [-0.25, -0.2) is 0 Å². The zero-order chi connectivity index (χ0) is 30.1. The number of rotatable bonds is 13. The zero-order valence-electron chi connectivity index (χ0n) is 22.6.